The molecule has 1 amide bonds. The van der Waals surface area contributed by atoms with Crippen LogP contribution in [0.5, 0.6) is 0 Å². The van der Waals surface area contributed by atoms with Gasteiger partial charge in [0.15, 0.2) is 0 Å². The fourth-order valence-corrected chi connectivity index (χ4v) is 3.61. The smallest absolute Gasteiger partial charge is 0.361 e. The van der Waals surface area contributed by atoms with Gasteiger partial charge in [0.1, 0.15) is 5.76 Å². The van der Waals surface area contributed by atoms with Crippen LogP contribution in [0.4, 0.5) is 26.3 Å². The van der Waals surface area contributed by atoms with Crippen molar-refractivity contribution < 1.29 is 35.7 Å². The van der Waals surface area contributed by atoms with E-state index in [-0.39, 0.29) is 37.1 Å². The van der Waals surface area contributed by atoms with Crippen molar-refractivity contribution in [2.75, 3.05) is 0 Å². The molecular weight excluding hydrogens is 462 g/mol. The normalized spacial score (nSPS) is 12.1. The van der Waals surface area contributed by atoms with Gasteiger partial charge in [-0.1, -0.05) is 29.4 Å². The first-order valence-corrected chi connectivity index (χ1v) is 10.4. The van der Waals surface area contributed by atoms with E-state index in [2.05, 4.69) is 5.16 Å². The van der Waals surface area contributed by atoms with Gasteiger partial charge in [-0.2, -0.15) is 26.3 Å². The SMILES string of the molecule is Cc1noc(C)c1CCC(=O)N(Cc1cccc(C(F)(F)F)c1)Cc1cccc(C(F)(F)F)c1. The molecule has 0 aliphatic rings. The highest BCUT2D eigenvalue weighted by Gasteiger charge is 2.32. The lowest BCUT2D eigenvalue weighted by Gasteiger charge is -2.24. The number of hydrogen-bond acceptors (Lipinski definition) is 3. The summed E-state index contributed by atoms with van der Waals surface area (Å²) in [6.07, 6.45) is -8.85. The van der Waals surface area contributed by atoms with E-state index in [0.717, 1.165) is 29.8 Å². The molecule has 10 heteroatoms. The molecule has 0 radical (unpaired) electrons. The van der Waals surface area contributed by atoms with Crippen LogP contribution in [0.25, 0.3) is 0 Å². The van der Waals surface area contributed by atoms with Crippen LogP contribution in [0, 0.1) is 13.8 Å². The van der Waals surface area contributed by atoms with Gasteiger partial charge in [0, 0.05) is 25.1 Å². The van der Waals surface area contributed by atoms with Crippen LogP contribution in [0.15, 0.2) is 53.1 Å². The third kappa shape index (κ3) is 6.39. The molecule has 0 fully saturated rings. The van der Waals surface area contributed by atoms with E-state index in [0.29, 0.717) is 11.5 Å². The van der Waals surface area contributed by atoms with E-state index in [9.17, 15) is 31.1 Å². The van der Waals surface area contributed by atoms with E-state index >= 15 is 0 Å². The molecule has 0 aliphatic heterocycles. The van der Waals surface area contributed by atoms with Gasteiger partial charge in [0.05, 0.1) is 16.8 Å². The number of aryl methyl sites for hydroxylation is 2. The third-order valence-electron chi connectivity index (χ3n) is 5.38. The summed E-state index contributed by atoms with van der Waals surface area (Å²) in [7, 11) is 0. The van der Waals surface area contributed by atoms with Crippen molar-refractivity contribution >= 4 is 5.91 Å². The van der Waals surface area contributed by atoms with E-state index in [1.165, 1.54) is 29.2 Å². The Morgan fingerprint density at radius 2 is 1.38 bits per heavy atom. The van der Waals surface area contributed by atoms with E-state index in [1.54, 1.807) is 13.8 Å². The number of rotatable bonds is 7. The number of carbonyl (C=O) groups is 1. The third-order valence-corrected chi connectivity index (χ3v) is 5.38. The molecule has 0 spiro atoms. The molecule has 0 unspecified atom stereocenters. The maximum absolute atomic E-state index is 13.1. The molecule has 1 heterocycles. The lowest BCUT2D eigenvalue weighted by Crippen LogP contribution is -2.30. The zero-order chi connectivity index (χ0) is 25.1. The summed E-state index contributed by atoms with van der Waals surface area (Å²) in [6, 6.07) is 9.04. The summed E-state index contributed by atoms with van der Waals surface area (Å²) >= 11 is 0. The maximum atomic E-state index is 13.1. The van der Waals surface area contributed by atoms with Crippen LogP contribution in [0.1, 0.15) is 45.7 Å². The highest BCUT2D eigenvalue weighted by atomic mass is 19.4. The lowest BCUT2D eigenvalue weighted by molar-refractivity contribution is -0.138. The predicted octanol–water partition coefficient (Wildman–Crippen LogP) is 6.49. The average Bonchev–Trinajstić information content (AvgIpc) is 3.08. The molecule has 4 nitrogen and oxygen atoms in total. The molecule has 0 aliphatic carbocycles. The monoisotopic (exact) mass is 484 g/mol. The van der Waals surface area contributed by atoms with Crippen molar-refractivity contribution in [2.24, 2.45) is 0 Å². The van der Waals surface area contributed by atoms with Crippen LogP contribution >= 0.6 is 0 Å². The number of nitrogens with zero attached hydrogens (tertiary/aromatic N) is 2. The summed E-state index contributed by atoms with van der Waals surface area (Å²) in [5, 5.41) is 3.83. The van der Waals surface area contributed by atoms with Gasteiger partial charge in [0.2, 0.25) is 5.91 Å². The number of halogens is 6. The number of alkyl halides is 6. The van der Waals surface area contributed by atoms with Crippen molar-refractivity contribution in [3.8, 4) is 0 Å². The van der Waals surface area contributed by atoms with Crippen LogP contribution in [-0.4, -0.2) is 16.0 Å². The van der Waals surface area contributed by atoms with Crippen molar-refractivity contribution in [2.45, 2.75) is 52.1 Å². The first-order valence-electron chi connectivity index (χ1n) is 10.4. The Bertz CT molecular complexity index is 1070. The summed E-state index contributed by atoms with van der Waals surface area (Å²) in [6.45, 7) is 3.03. The first kappa shape index (κ1) is 25.3. The van der Waals surface area contributed by atoms with Crippen molar-refractivity contribution in [3.63, 3.8) is 0 Å². The Morgan fingerprint density at radius 3 is 1.79 bits per heavy atom. The topological polar surface area (TPSA) is 46.3 Å². The summed E-state index contributed by atoms with van der Waals surface area (Å²) < 4.78 is 83.8. The van der Waals surface area contributed by atoms with Gasteiger partial charge in [-0.25, -0.2) is 0 Å². The van der Waals surface area contributed by atoms with Crippen molar-refractivity contribution in [1.29, 1.82) is 0 Å². The summed E-state index contributed by atoms with van der Waals surface area (Å²) in [5.74, 6) is 0.127. The van der Waals surface area contributed by atoms with Crippen LogP contribution in [0.3, 0.4) is 0 Å². The number of benzene rings is 2. The second-order valence-electron chi connectivity index (χ2n) is 7.95. The van der Waals surface area contributed by atoms with Gasteiger partial charge in [-0.05, 0) is 55.7 Å². The molecule has 34 heavy (non-hydrogen) atoms. The summed E-state index contributed by atoms with van der Waals surface area (Å²) in [5.41, 5.74) is 0.0541. The number of aromatic nitrogens is 1. The second-order valence-corrected chi connectivity index (χ2v) is 7.95. The van der Waals surface area contributed by atoms with Gasteiger partial charge in [-0.3, -0.25) is 4.79 Å². The van der Waals surface area contributed by atoms with Crippen molar-refractivity contribution in [1.82, 2.24) is 10.1 Å². The number of carbonyl (C=O) groups excluding carboxylic acids is 1. The van der Waals surface area contributed by atoms with E-state index in [4.69, 9.17) is 4.52 Å². The standard InChI is InChI=1S/C24H22F6N2O2/c1-15-21(16(2)34-31-15)9-10-22(33)32(13-17-5-3-7-19(11-17)23(25,26)27)14-18-6-4-8-20(12-18)24(28,29)30/h3-8,11-12H,9-10,13-14H2,1-2H3. The molecule has 0 bridgehead atoms. The molecule has 182 valence electrons. The largest absolute Gasteiger partial charge is 0.416 e. The molecule has 0 N–H and O–H groups in total. The van der Waals surface area contributed by atoms with Crippen LogP contribution < -0.4 is 0 Å². The van der Waals surface area contributed by atoms with Gasteiger partial charge in [0.25, 0.3) is 0 Å². The second kappa shape index (κ2) is 9.90. The highest BCUT2D eigenvalue weighted by Crippen LogP contribution is 2.31. The van der Waals surface area contributed by atoms with Crippen LogP contribution in [-0.2, 0) is 36.7 Å². The number of amides is 1. The molecule has 0 saturated carbocycles. The Kier molecular flexibility index (Phi) is 7.38. The fourth-order valence-electron chi connectivity index (χ4n) is 3.61. The molecule has 0 saturated heterocycles. The van der Waals surface area contributed by atoms with Gasteiger partial charge < -0.3 is 9.42 Å². The minimum absolute atomic E-state index is 0.0131. The van der Waals surface area contributed by atoms with Gasteiger partial charge in [-0.15, -0.1) is 0 Å². The Balaban J connectivity index is 1.86. The predicted molar refractivity (Wildman–Crippen MR) is 111 cm³/mol. The minimum atomic E-state index is -4.56. The van der Waals surface area contributed by atoms with Crippen LogP contribution in [0.2, 0.25) is 0 Å². The van der Waals surface area contributed by atoms with Crippen molar-refractivity contribution in [3.05, 3.63) is 87.8 Å². The first-order chi connectivity index (χ1) is 15.8. The summed E-state index contributed by atoms with van der Waals surface area (Å²) in [4.78, 5) is 14.3. The fraction of sp³-hybridized carbons (Fsp3) is 0.333. The lowest BCUT2D eigenvalue weighted by atomic mass is 10.1. The maximum Gasteiger partial charge on any atom is 0.416 e. The molecule has 1 aromatic heterocycles. The zero-order valence-corrected chi connectivity index (χ0v) is 18.4. The van der Waals surface area contributed by atoms with Gasteiger partial charge >= 0.3 is 12.4 Å². The van der Waals surface area contributed by atoms with E-state index < -0.39 is 29.4 Å². The molecule has 0 atom stereocenters. The molecular formula is C24H22F6N2O2. The minimum Gasteiger partial charge on any atom is -0.361 e. The highest BCUT2D eigenvalue weighted by molar-refractivity contribution is 5.76. The van der Waals surface area contributed by atoms with E-state index in [1.807, 2.05) is 0 Å². The molecule has 3 rings (SSSR count). The quantitative estimate of drug-likeness (QED) is 0.360. The Hall–Kier alpha value is -3.30. The molecule has 2 aromatic carbocycles. The Labute approximate surface area is 192 Å². The average molecular weight is 484 g/mol. The number of hydrogen-bond donors (Lipinski definition) is 0. The molecule has 3 aromatic rings. The Morgan fingerprint density at radius 1 is 0.882 bits per heavy atom. The zero-order valence-electron chi connectivity index (χ0n) is 18.4.